The van der Waals surface area contributed by atoms with Crippen molar-refractivity contribution in [3.05, 3.63) is 40.2 Å². The highest BCUT2D eigenvalue weighted by atomic mass is 35.5. The van der Waals surface area contributed by atoms with Gasteiger partial charge in [-0.2, -0.15) is 13.2 Å². The SMILES string of the molecule is CC1CCN(c2ccc(NS(=O)(=O)c3ccc(Cl)s3)cc2C(=O)O)CC1.O=C(O)C(F)(F)F. The maximum absolute atomic E-state index is 12.4. The Kier molecular flexibility index (Phi) is 8.60. The Balaban J connectivity index is 0.000000479. The summed E-state index contributed by atoms with van der Waals surface area (Å²) in [6.07, 6.45) is -3.07. The highest BCUT2D eigenvalue weighted by Crippen LogP contribution is 2.31. The Morgan fingerprint density at radius 2 is 1.73 bits per heavy atom. The Morgan fingerprint density at radius 1 is 1.15 bits per heavy atom. The van der Waals surface area contributed by atoms with E-state index >= 15 is 0 Å². The Morgan fingerprint density at radius 3 is 2.18 bits per heavy atom. The van der Waals surface area contributed by atoms with Crippen LogP contribution in [0.5, 0.6) is 0 Å². The molecule has 14 heteroatoms. The van der Waals surface area contributed by atoms with Gasteiger partial charge in [-0.15, -0.1) is 11.3 Å². The van der Waals surface area contributed by atoms with Crippen molar-refractivity contribution in [1.82, 2.24) is 0 Å². The first-order valence-corrected chi connectivity index (χ1v) is 12.1. The van der Waals surface area contributed by atoms with Crippen LogP contribution in [0, 0.1) is 5.92 Å². The lowest BCUT2D eigenvalue weighted by atomic mass is 9.98. The van der Waals surface area contributed by atoms with E-state index in [0.29, 0.717) is 15.9 Å². The van der Waals surface area contributed by atoms with E-state index in [1.54, 1.807) is 12.1 Å². The lowest BCUT2D eigenvalue weighted by Gasteiger charge is -2.33. The first-order valence-electron chi connectivity index (χ1n) is 9.41. The van der Waals surface area contributed by atoms with Crippen molar-refractivity contribution < 1.29 is 41.4 Å². The molecule has 8 nitrogen and oxygen atoms in total. The van der Waals surface area contributed by atoms with Gasteiger partial charge in [0.25, 0.3) is 10.0 Å². The summed E-state index contributed by atoms with van der Waals surface area (Å²) in [5.41, 5.74) is 0.913. The molecule has 1 aliphatic rings. The first-order chi connectivity index (χ1) is 15.2. The molecule has 0 spiro atoms. The molecule has 0 atom stereocenters. The fourth-order valence-electron chi connectivity index (χ4n) is 2.94. The van der Waals surface area contributed by atoms with Crippen molar-refractivity contribution in [1.29, 1.82) is 0 Å². The number of benzene rings is 1. The van der Waals surface area contributed by atoms with Crippen LogP contribution in [0.3, 0.4) is 0 Å². The van der Waals surface area contributed by atoms with E-state index < -0.39 is 28.1 Å². The minimum Gasteiger partial charge on any atom is -0.478 e. The van der Waals surface area contributed by atoms with Crippen molar-refractivity contribution in [2.75, 3.05) is 22.7 Å². The second kappa shape index (κ2) is 10.6. The molecule has 0 saturated carbocycles. The normalized spacial score (nSPS) is 14.9. The van der Waals surface area contributed by atoms with Crippen molar-refractivity contribution in [3.8, 4) is 0 Å². The quantitative estimate of drug-likeness (QED) is 0.510. The molecule has 182 valence electrons. The summed E-state index contributed by atoms with van der Waals surface area (Å²) >= 11 is 6.74. The molecule has 0 unspecified atom stereocenters. The van der Waals surface area contributed by atoms with Crippen LogP contribution in [-0.4, -0.2) is 49.8 Å². The highest BCUT2D eigenvalue weighted by Gasteiger charge is 2.38. The van der Waals surface area contributed by atoms with Gasteiger partial charge in [0.2, 0.25) is 0 Å². The van der Waals surface area contributed by atoms with Gasteiger partial charge in [0.15, 0.2) is 0 Å². The van der Waals surface area contributed by atoms with Crippen LogP contribution in [0.15, 0.2) is 34.5 Å². The number of halogens is 4. The minimum atomic E-state index is -5.08. The van der Waals surface area contributed by atoms with Crippen LogP contribution in [0.2, 0.25) is 4.34 Å². The van der Waals surface area contributed by atoms with E-state index in [4.69, 9.17) is 21.5 Å². The number of piperidine rings is 1. The number of alkyl halides is 3. The topological polar surface area (TPSA) is 124 Å². The minimum absolute atomic E-state index is 0.0773. The molecule has 0 amide bonds. The number of thiophene rings is 1. The van der Waals surface area contributed by atoms with Crippen molar-refractivity contribution >= 4 is 56.3 Å². The van der Waals surface area contributed by atoms with Crippen molar-refractivity contribution in [2.45, 2.75) is 30.2 Å². The van der Waals surface area contributed by atoms with Crippen LogP contribution >= 0.6 is 22.9 Å². The van der Waals surface area contributed by atoms with Crippen molar-refractivity contribution in [3.63, 3.8) is 0 Å². The number of carboxylic acids is 2. The summed E-state index contributed by atoms with van der Waals surface area (Å²) in [6, 6.07) is 7.54. The second-order valence-electron chi connectivity index (χ2n) is 7.17. The molecule has 3 rings (SSSR count). The van der Waals surface area contributed by atoms with Gasteiger partial charge in [0, 0.05) is 18.8 Å². The van der Waals surface area contributed by atoms with Crippen LogP contribution in [0.4, 0.5) is 24.5 Å². The molecular formula is C19H20ClF3N2O6S2. The number of carboxylic acid groups (broad SMARTS) is 2. The van der Waals surface area contributed by atoms with Gasteiger partial charge in [0.1, 0.15) is 4.21 Å². The predicted molar refractivity (Wildman–Crippen MR) is 118 cm³/mol. The standard InChI is InChI=1S/C17H19ClN2O4S2.C2HF3O2/c1-11-6-8-20(9-7-11)14-3-2-12(10-13(14)17(21)22)19-26(23,24)16-5-4-15(18)25-16;3-2(4,5)1(6)7/h2-5,10-11,19H,6-9H2,1H3,(H,21,22);(H,6,7). The predicted octanol–water partition coefficient (Wildman–Crippen LogP) is 4.77. The van der Waals surface area contributed by atoms with Crippen LogP contribution in [0.1, 0.15) is 30.1 Å². The number of aromatic carboxylic acids is 1. The van der Waals surface area contributed by atoms with E-state index in [0.717, 1.165) is 37.3 Å². The van der Waals surface area contributed by atoms with E-state index in [-0.39, 0.29) is 15.5 Å². The van der Waals surface area contributed by atoms with Gasteiger partial charge in [-0.1, -0.05) is 18.5 Å². The number of aliphatic carboxylic acids is 1. The maximum atomic E-state index is 12.4. The molecule has 2 aromatic rings. The van der Waals surface area contributed by atoms with Gasteiger partial charge >= 0.3 is 18.1 Å². The van der Waals surface area contributed by atoms with Gasteiger partial charge in [-0.3, -0.25) is 4.72 Å². The molecule has 0 aliphatic carbocycles. The molecule has 1 aliphatic heterocycles. The lowest BCUT2D eigenvalue weighted by molar-refractivity contribution is -0.192. The number of carbonyl (C=O) groups is 2. The summed E-state index contributed by atoms with van der Waals surface area (Å²) in [6.45, 7) is 3.77. The van der Waals surface area contributed by atoms with E-state index in [9.17, 15) is 31.5 Å². The number of sulfonamides is 1. The van der Waals surface area contributed by atoms with Crippen LogP contribution in [-0.2, 0) is 14.8 Å². The number of nitrogens with zero attached hydrogens (tertiary/aromatic N) is 1. The third kappa shape index (κ3) is 7.51. The molecule has 0 radical (unpaired) electrons. The van der Waals surface area contributed by atoms with Gasteiger partial charge in [-0.25, -0.2) is 18.0 Å². The zero-order valence-corrected chi connectivity index (χ0v) is 19.5. The summed E-state index contributed by atoms with van der Waals surface area (Å²) < 4.78 is 59.4. The zero-order valence-electron chi connectivity index (χ0n) is 17.1. The number of hydrogen-bond donors (Lipinski definition) is 3. The molecule has 1 aromatic carbocycles. The molecule has 1 fully saturated rings. The summed E-state index contributed by atoms with van der Waals surface area (Å²) in [5, 5.41) is 16.7. The lowest BCUT2D eigenvalue weighted by Crippen LogP contribution is -2.33. The number of anilines is 2. The third-order valence-corrected chi connectivity index (χ3v) is 7.76. The van der Waals surface area contributed by atoms with E-state index in [1.807, 2.05) is 4.90 Å². The van der Waals surface area contributed by atoms with Gasteiger partial charge in [0.05, 0.1) is 15.6 Å². The van der Waals surface area contributed by atoms with E-state index in [1.165, 1.54) is 18.2 Å². The molecule has 1 saturated heterocycles. The Labute approximate surface area is 196 Å². The average Bonchev–Trinajstić information content (AvgIpc) is 3.15. The number of hydrogen-bond acceptors (Lipinski definition) is 6. The molecular weight excluding hydrogens is 509 g/mol. The Hall–Kier alpha value is -2.51. The molecule has 0 bridgehead atoms. The van der Waals surface area contributed by atoms with Crippen LogP contribution < -0.4 is 9.62 Å². The molecule has 33 heavy (non-hydrogen) atoms. The zero-order chi connectivity index (χ0) is 25.0. The molecule has 1 aromatic heterocycles. The first kappa shape index (κ1) is 26.7. The summed E-state index contributed by atoms with van der Waals surface area (Å²) in [5.74, 6) is -3.21. The third-order valence-electron chi connectivity index (χ3n) is 4.66. The van der Waals surface area contributed by atoms with E-state index in [2.05, 4.69) is 11.6 Å². The fourth-order valence-corrected chi connectivity index (χ4v) is 5.48. The molecule has 2 heterocycles. The van der Waals surface area contributed by atoms with Crippen molar-refractivity contribution in [2.24, 2.45) is 5.92 Å². The molecule has 3 N–H and O–H groups in total. The number of nitrogens with one attached hydrogen (secondary N) is 1. The van der Waals surface area contributed by atoms with Gasteiger partial charge < -0.3 is 15.1 Å². The summed E-state index contributed by atoms with van der Waals surface area (Å²) in [4.78, 5) is 22.6. The maximum Gasteiger partial charge on any atom is 0.490 e. The second-order valence-corrected chi connectivity index (χ2v) is 10.8. The Bertz CT molecular complexity index is 1110. The number of rotatable bonds is 5. The van der Waals surface area contributed by atoms with Gasteiger partial charge in [-0.05, 0) is 49.1 Å². The van der Waals surface area contributed by atoms with Crippen LogP contribution in [0.25, 0.3) is 0 Å². The largest absolute Gasteiger partial charge is 0.490 e. The smallest absolute Gasteiger partial charge is 0.478 e. The average molecular weight is 529 g/mol. The fraction of sp³-hybridized carbons (Fsp3) is 0.368. The highest BCUT2D eigenvalue weighted by molar-refractivity contribution is 7.94. The monoisotopic (exact) mass is 528 g/mol. The summed E-state index contributed by atoms with van der Waals surface area (Å²) in [7, 11) is -3.80.